The van der Waals surface area contributed by atoms with Crippen molar-refractivity contribution in [1.29, 1.82) is 0 Å². The fourth-order valence-electron chi connectivity index (χ4n) is 1.86. The third-order valence-corrected chi connectivity index (χ3v) is 3.90. The fourth-order valence-corrected chi connectivity index (χ4v) is 2.67. The summed E-state index contributed by atoms with van der Waals surface area (Å²) in [4.78, 5) is 11.6. The molecule has 0 saturated heterocycles. The first kappa shape index (κ1) is 17.1. The Morgan fingerprint density at radius 2 is 1.95 bits per heavy atom. The van der Waals surface area contributed by atoms with Gasteiger partial charge >= 0.3 is 0 Å². The van der Waals surface area contributed by atoms with Crippen LogP contribution < -0.4 is 5.32 Å². The van der Waals surface area contributed by atoms with Crippen molar-refractivity contribution >= 4 is 17.7 Å². The summed E-state index contributed by atoms with van der Waals surface area (Å²) in [7, 11) is 0. The Morgan fingerprint density at radius 1 is 1.30 bits per heavy atom. The quantitative estimate of drug-likeness (QED) is 0.775. The lowest BCUT2D eigenvalue weighted by Gasteiger charge is -2.13. The lowest BCUT2D eigenvalue weighted by Crippen LogP contribution is -2.33. The van der Waals surface area contributed by atoms with E-state index < -0.39 is 6.10 Å². The Hall–Kier alpha value is -1.00. The van der Waals surface area contributed by atoms with Gasteiger partial charge in [-0.1, -0.05) is 43.7 Å². The summed E-state index contributed by atoms with van der Waals surface area (Å²) < 4.78 is 0. The molecule has 2 N–H and O–H groups in total. The molecule has 0 spiro atoms. The maximum atomic E-state index is 11.6. The van der Waals surface area contributed by atoms with Gasteiger partial charge in [-0.25, -0.2) is 0 Å². The first-order chi connectivity index (χ1) is 9.47. The molecule has 0 fully saturated rings. The van der Waals surface area contributed by atoms with E-state index >= 15 is 0 Å². The number of carbonyl (C=O) groups excluding carboxylic acids is 1. The normalized spacial score (nSPS) is 12.4. The summed E-state index contributed by atoms with van der Waals surface area (Å²) in [6.45, 7) is 6.53. The van der Waals surface area contributed by atoms with Gasteiger partial charge in [0.25, 0.3) is 0 Å². The van der Waals surface area contributed by atoms with E-state index in [0.29, 0.717) is 18.2 Å². The molecule has 112 valence electrons. The third kappa shape index (κ3) is 7.56. The van der Waals surface area contributed by atoms with Crippen LogP contribution in [0.4, 0.5) is 0 Å². The van der Waals surface area contributed by atoms with Crippen LogP contribution in [0, 0.1) is 12.8 Å². The van der Waals surface area contributed by atoms with Gasteiger partial charge in [0.1, 0.15) is 0 Å². The molecule has 0 aliphatic carbocycles. The van der Waals surface area contributed by atoms with Crippen LogP contribution >= 0.6 is 11.8 Å². The molecular weight excluding hydrogens is 270 g/mol. The van der Waals surface area contributed by atoms with E-state index in [1.807, 2.05) is 0 Å². The SMILES string of the molecule is Cc1ccc(CSCC(=O)NCC(O)CC(C)C)cc1. The number of aliphatic hydroxyl groups excluding tert-OH is 1. The number of carbonyl (C=O) groups is 1. The molecule has 20 heavy (non-hydrogen) atoms. The Balaban J connectivity index is 2.15. The molecule has 0 aliphatic heterocycles. The van der Waals surface area contributed by atoms with Crippen LogP contribution in [0.3, 0.4) is 0 Å². The molecule has 0 aromatic heterocycles. The monoisotopic (exact) mass is 295 g/mol. The Bertz CT molecular complexity index is 403. The molecule has 0 saturated carbocycles. The average molecular weight is 295 g/mol. The van der Waals surface area contributed by atoms with Crippen LogP contribution in [0.1, 0.15) is 31.4 Å². The van der Waals surface area contributed by atoms with Crippen molar-refractivity contribution in [3.63, 3.8) is 0 Å². The molecule has 0 radical (unpaired) electrons. The first-order valence-corrected chi connectivity index (χ1v) is 8.21. The maximum absolute atomic E-state index is 11.6. The van der Waals surface area contributed by atoms with Crippen LogP contribution in [-0.4, -0.2) is 29.4 Å². The molecule has 0 bridgehead atoms. The molecular formula is C16H25NO2S. The molecule has 1 aromatic rings. The number of aryl methyl sites for hydroxylation is 1. The van der Waals surface area contributed by atoms with Gasteiger partial charge in [-0.05, 0) is 24.8 Å². The predicted octanol–water partition coefficient (Wildman–Crippen LogP) is 2.75. The minimum Gasteiger partial charge on any atom is -0.391 e. The van der Waals surface area contributed by atoms with E-state index in [1.165, 1.54) is 11.1 Å². The number of rotatable bonds is 8. The van der Waals surface area contributed by atoms with Gasteiger partial charge in [-0.2, -0.15) is 0 Å². The lowest BCUT2D eigenvalue weighted by molar-refractivity contribution is -0.119. The largest absolute Gasteiger partial charge is 0.391 e. The van der Waals surface area contributed by atoms with Gasteiger partial charge in [-0.15, -0.1) is 11.8 Å². The van der Waals surface area contributed by atoms with E-state index in [1.54, 1.807) is 11.8 Å². The number of thioether (sulfide) groups is 1. The van der Waals surface area contributed by atoms with Crippen LogP contribution in [0.2, 0.25) is 0 Å². The molecule has 1 rings (SSSR count). The predicted molar refractivity (Wildman–Crippen MR) is 85.8 cm³/mol. The molecule has 3 nitrogen and oxygen atoms in total. The fraction of sp³-hybridized carbons (Fsp3) is 0.562. The molecule has 1 amide bonds. The molecule has 1 atom stereocenters. The van der Waals surface area contributed by atoms with Crippen molar-refractivity contribution < 1.29 is 9.90 Å². The van der Waals surface area contributed by atoms with Gasteiger partial charge in [0.05, 0.1) is 11.9 Å². The summed E-state index contributed by atoms with van der Waals surface area (Å²) in [6.07, 6.45) is 0.276. The van der Waals surface area contributed by atoms with Crippen molar-refractivity contribution in [2.24, 2.45) is 5.92 Å². The summed E-state index contributed by atoms with van der Waals surface area (Å²) in [5, 5.41) is 12.4. The highest BCUT2D eigenvalue weighted by Gasteiger charge is 2.09. The van der Waals surface area contributed by atoms with Crippen molar-refractivity contribution in [3.8, 4) is 0 Å². The molecule has 0 heterocycles. The van der Waals surface area contributed by atoms with E-state index in [4.69, 9.17) is 0 Å². The van der Waals surface area contributed by atoms with Crippen molar-refractivity contribution in [1.82, 2.24) is 5.32 Å². The molecule has 1 aromatic carbocycles. The zero-order valence-electron chi connectivity index (χ0n) is 12.6. The highest BCUT2D eigenvalue weighted by Crippen LogP contribution is 2.12. The highest BCUT2D eigenvalue weighted by molar-refractivity contribution is 7.99. The highest BCUT2D eigenvalue weighted by atomic mass is 32.2. The van der Waals surface area contributed by atoms with Crippen LogP contribution in [-0.2, 0) is 10.5 Å². The standard InChI is InChI=1S/C16H25NO2S/c1-12(2)8-15(18)9-17-16(19)11-20-10-14-6-4-13(3)5-7-14/h4-7,12,15,18H,8-11H2,1-3H3,(H,17,19). The minimum atomic E-state index is -0.443. The lowest BCUT2D eigenvalue weighted by atomic mass is 10.1. The minimum absolute atomic E-state index is 0.00934. The Morgan fingerprint density at radius 3 is 2.55 bits per heavy atom. The first-order valence-electron chi connectivity index (χ1n) is 7.05. The zero-order chi connectivity index (χ0) is 15.0. The maximum Gasteiger partial charge on any atom is 0.230 e. The molecule has 1 unspecified atom stereocenters. The molecule has 0 aliphatic rings. The van der Waals surface area contributed by atoms with E-state index in [9.17, 15) is 9.90 Å². The van der Waals surface area contributed by atoms with Gasteiger partial charge in [0.15, 0.2) is 0 Å². The summed E-state index contributed by atoms with van der Waals surface area (Å²) in [6, 6.07) is 8.34. The van der Waals surface area contributed by atoms with Gasteiger partial charge in [0.2, 0.25) is 5.91 Å². The summed E-state index contributed by atoms with van der Waals surface area (Å²) in [5.74, 6) is 1.70. The van der Waals surface area contributed by atoms with Crippen molar-refractivity contribution in [2.45, 2.75) is 39.0 Å². The van der Waals surface area contributed by atoms with Crippen LogP contribution in [0.5, 0.6) is 0 Å². The topological polar surface area (TPSA) is 49.3 Å². The average Bonchev–Trinajstić information content (AvgIpc) is 2.38. The number of hydrogen-bond acceptors (Lipinski definition) is 3. The van der Waals surface area contributed by atoms with Crippen molar-refractivity contribution in [2.75, 3.05) is 12.3 Å². The number of amides is 1. The van der Waals surface area contributed by atoms with Gasteiger partial charge in [0, 0.05) is 12.3 Å². The second-order valence-corrected chi connectivity index (χ2v) is 6.55. The van der Waals surface area contributed by atoms with E-state index in [2.05, 4.69) is 50.4 Å². The van der Waals surface area contributed by atoms with Gasteiger partial charge < -0.3 is 10.4 Å². The summed E-state index contributed by atoms with van der Waals surface area (Å²) in [5.41, 5.74) is 2.48. The van der Waals surface area contributed by atoms with Gasteiger partial charge in [-0.3, -0.25) is 4.79 Å². The smallest absolute Gasteiger partial charge is 0.230 e. The number of aliphatic hydroxyl groups is 1. The number of benzene rings is 1. The Labute approximate surface area is 126 Å². The number of nitrogens with one attached hydrogen (secondary N) is 1. The third-order valence-electron chi connectivity index (χ3n) is 2.90. The second kappa shape index (κ2) is 9.03. The zero-order valence-corrected chi connectivity index (χ0v) is 13.4. The Kier molecular flexibility index (Phi) is 7.70. The van der Waals surface area contributed by atoms with Crippen LogP contribution in [0.25, 0.3) is 0 Å². The van der Waals surface area contributed by atoms with E-state index in [-0.39, 0.29) is 5.91 Å². The number of hydrogen-bond donors (Lipinski definition) is 2. The van der Waals surface area contributed by atoms with Crippen molar-refractivity contribution in [3.05, 3.63) is 35.4 Å². The summed E-state index contributed by atoms with van der Waals surface area (Å²) >= 11 is 1.59. The molecule has 4 heteroatoms. The second-order valence-electron chi connectivity index (χ2n) is 5.57. The van der Waals surface area contributed by atoms with Crippen LogP contribution in [0.15, 0.2) is 24.3 Å². The van der Waals surface area contributed by atoms with E-state index in [0.717, 1.165) is 12.2 Å².